The van der Waals surface area contributed by atoms with Crippen LogP contribution in [0.25, 0.3) is 0 Å². The molecular weight excluding hydrogens is 347 g/mol. The molecule has 2 rings (SSSR count). The Labute approximate surface area is 138 Å². The van der Waals surface area contributed by atoms with Gasteiger partial charge in [0.05, 0.1) is 15.6 Å². The average molecular weight is 359 g/mol. The highest BCUT2D eigenvalue weighted by Crippen LogP contribution is 2.26. The van der Waals surface area contributed by atoms with E-state index >= 15 is 0 Å². The van der Waals surface area contributed by atoms with E-state index in [1.807, 2.05) is 0 Å². The zero-order valence-electron chi connectivity index (χ0n) is 11.4. The Morgan fingerprint density at radius 3 is 2.41 bits per heavy atom. The van der Waals surface area contributed by atoms with Crippen LogP contribution in [0.5, 0.6) is 0 Å². The number of carbonyl (C=O) groups is 1. The van der Waals surface area contributed by atoms with Crippen molar-refractivity contribution in [2.45, 2.75) is 11.8 Å². The Kier molecular flexibility index (Phi) is 4.77. The topological polar surface area (TPSA) is 89.3 Å². The van der Waals surface area contributed by atoms with Gasteiger partial charge in [0.25, 0.3) is 5.91 Å². The highest BCUT2D eigenvalue weighted by Gasteiger charge is 2.14. The number of primary sulfonamides is 1. The summed E-state index contributed by atoms with van der Waals surface area (Å²) in [6, 6.07) is 8.77. The first-order valence-electron chi connectivity index (χ1n) is 6.08. The molecule has 116 valence electrons. The third kappa shape index (κ3) is 3.98. The number of nitrogens with one attached hydrogen (secondary N) is 1. The van der Waals surface area contributed by atoms with Crippen molar-refractivity contribution in [1.29, 1.82) is 0 Å². The van der Waals surface area contributed by atoms with Crippen LogP contribution in [0.4, 0.5) is 5.69 Å². The van der Waals surface area contributed by atoms with Crippen molar-refractivity contribution in [2.24, 2.45) is 5.14 Å². The highest BCUT2D eigenvalue weighted by molar-refractivity contribution is 7.89. The molecule has 0 saturated carbocycles. The predicted molar refractivity (Wildman–Crippen MR) is 87.0 cm³/mol. The Bertz CT molecular complexity index is 851. The minimum Gasteiger partial charge on any atom is -0.321 e. The fourth-order valence-electron chi connectivity index (χ4n) is 1.83. The van der Waals surface area contributed by atoms with Crippen LogP contribution in [0.1, 0.15) is 15.9 Å². The first-order valence-corrected chi connectivity index (χ1v) is 8.38. The van der Waals surface area contributed by atoms with Gasteiger partial charge in [-0.2, -0.15) is 0 Å². The molecule has 0 unspecified atom stereocenters. The van der Waals surface area contributed by atoms with Gasteiger partial charge in [0, 0.05) is 10.6 Å². The molecule has 0 aliphatic carbocycles. The van der Waals surface area contributed by atoms with E-state index in [9.17, 15) is 13.2 Å². The number of sulfonamides is 1. The molecule has 22 heavy (non-hydrogen) atoms. The zero-order chi connectivity index (χ0) is 16.5. The number of halogens is 2. The molecule has 3 N–H and O–H groups in total. The molecule has 0 bridgehead atoms. The van der Waals surface area contributed by atoms with Gasteiger partial charge in [0.2, 0.25) is 10.0 Å². The third-order valence-electron chi connectivity index (χ3n) is 2.82. The second-order valence-electron chi connectivity index (χ2n) is 4.66. The smallest absolute Gasteiger partial charge is 0.255 e. The summed E-state index contributed by atoms with van der Waals surface area (Å²) in [6.45, 7) is 1.67. The standard InChI is InChI=1S/C14H12Cl2N2O3S/c1-8-4-9(6-11(5-8)22(17,20)21)14(19)18-13-3-2-10(15)7-12(13)16/h2-7H,1H3,(H,18,19)(H2,17,20,21). The number of anilines is 1. The van der Waals surface area contributed by atoms with E-state index in [-0.39, 0.29) is 15.5 Å². The summed E-state index contributed by atoms with van der Waals surface area (Å²) in [5.74, 6) is -0.502. The van der Waals surface area contributed by atoms with Crippen LogP contribution in [0.2, 0.25) is 10.0 Å². The molecule has 2 aromatic rings. The fourth-order valence-corrected chi connectivity index (χ4v) is 2.93. The molecular formula is C14H12Cl2N2O3S. The van der Waals surface area contributed by atoms with Gasteiger partial charge in [0.15, 0.2) is 0 Å². The lowest BCUT2D eigenvalue weighted by atomic mass is 10.1. The molecule has 1 amide bonds. The lowest BCUT2D eigenvalue weighted by Gasteiger charge is -2.09. The van der Waals surface area contributed by atoms with Crippen molar-refractivity contribution < 1.29 is 13.2 Å². The van der Waals surface area contributed by atoms with E-state index in [1.165, 1.54) is 18.2 Å². The molecule has 0 aromatic heterocycles. The van der Waals surface area contributed by atoms with E-state index in [0.29, 0.717) is 16.3 Å². The maximum absolute atomic E-state index is 12.2. The van der Waals surface area contributed by atoms with E-state index < -0.39 is 15.9 Å². The average Bonchev–Trinajstić information content (AvgIpc) is 2.40. The monoisotopic (exact) mass is 358 g/mol. The van der Waals surface area contributed by atoms with Crippen molar-refractivity contribution in [3.63, 3.8) is 0 Å². The molecule has 0 spiro atoms. The van der Waals surface area contributed by atoms with Crippen molar-refractivity contribution >= 4 is 44.8 Å². The SMILES string of the molecule is Cc1cc(C(=O)Nc2ccc(Cl)cc2Cl)cc(S(N)(=O)=O)c1. The van der Waals surface area contributed by atoms with Gasteiger partial charge in [-0.3, -0.25) is 4.79 Å². The summed E-state index contributed by atoms with van der Waals surface area (Å²) in [4.78, 5) is 12.1. The van der Waals surface area contributed by atoms with E-state index in [0.717, 1.165) is 0 Å². The second kappa shape index (κ2) is 6.26. The van der Waals surface area contributed by atoms with Crippen LogP contribution in [0, 0.1) is 6.92 Å². The van der Waals surface area contributed by atoms with Crippen LogP contribution in [0.15, 0.2) is 41.3 Å². The lowest BCUT2D eigenvalue weighted by molar-refractivity contribution is 0.102. The molecule has 0 heterocycles. The van der Waals surface area contributed by atoms with Crippen LogP contribution in [-0.2, 0) is 10.0 Å². The molecule has 0 fully saturated rings. The number of hydrogen-bond donors (Lipinski definition) is 2. The highest BCUT2D eigenvalue weighted by atomic mass is 35.5. The number of amides is 1. The number of carbonyl (C=O) groups excluding carboxylic acids is 1. The largest absolute Gasteiger partial charge is 0.321 e. The first-order chi connectivity index (χ1) is 10.2. The van der Waals surface area contributed by atoms with Gasteiger partial charge in [-0.25, -0.2) is 13.6 Å². The number of aryl methyl sites for hydroxylation is 1. The van der Waals surface area contributed by atoms with E-state index in [2.05, 4.69) is 5.32 Å². The van der Waals surface area contributed by atoms with Crippen molar-refractivity contribution in [3.05, 3.63) is 57.6 Å². The van der Waals surface area contributed by atoms with E-state index in [4.69, 9.17) is 28.3 Å². The molecule has 0 aliphatic heterocycles. The lowest BCUT2D eigenvalue weighted by Crippen LogP contribution is -2.16. The Hall–Kier alpha value is -1.60. The number of benzene rings is 2. The zero-order valence-corrected chi connectivity index (χ0v) is 13.8. The van der Waals surface area contributed by atoms with Gasteiger partial charge in [-0.15, -0.1) is 0 Å². The molecule has 0 atom stereocenters. The Balaban J connectivity index is 2.36. The molecule has 0 saturated heterocycles. The normalized spacial score (nSPS) is 11.3. The molecule has 0 aliphatic rings. The number of hydrogen-bond acceptors (Lipinski definition) is 3. The van der Waals surface area contributed by atoms with Gasteiger partial charge in [-0.1, -0.05) is 23.2 Å². The summed E-state index contributed by atoms with van der Waals surface area (Å²) in [7, 11) is -3.89. The van der Waals surface area contributed by atoms with Crippen LogP contribution < -0.4 is 10.5 Å². The summed E-state index contributed by atoms with van der Waals surface area (Å²) in [6.07, 6.45) is 0. The van der Waals surface area contributed by atoms with Gasteiger partial charge in [0.1, 0.15) is 0 Å². The maximum Gasteiger partial charge on any atom is 0.255 e. The first kappa shape index (κ1) is 16.8. The van der Waals surface area contributed by atoms with Crippen molar-refractivity contribution in [2.75, 3.05) is 5.32 Å². The minimum absolute atomic E-state index is 0.125. The van der Waals surface area contributed by atoms with E-state index in [1.54, 1.807) is 25.1 Å². The van der Waals surface area contributed by atoms with Gasteiger partial charge in [-0.05, 0) is 48.9 Å². The van der Waals surface area contributed by atoms with Crippen LogP contribution in [0.3, 0.4) is 0 Å². The molecule has 2 aromatic carbocycles. The predicted octanol–water partition coefficient (Wildman–Crippen LogP) is 3.20. The van der Waals surface area contributed by atoms with Crippen LogP contribution in [-0.4, -0.2) is 14.3 Å². The minimum atomic E-state index is -3.89. The summed E-state index contributed by atoms with van der Waals surface area (Å²) in [5, 5.41) is 8.41. The molecule has 8 heteroatoms. The maximum atomic E-state index is 12.2. The Morgan fingerprint density at radius 1 is 1.14 bits per heavy atom. The summed E-state index contributed by atoms with van der Waals surface area (Å²) < 4.78 is 22.8. The van der Waals surface area contributed by atoms with Gasteiger partial charge < -0.3 is 5.32 Å². The summed E-state index contributed by atoms with van der Waals surface area (Å²) >= 11 is 11.8. The van der Waals surface area contributed by atoms with Crippen LogP contribution >= 0.6 is 23.2 Å². The molecule has 5 nitrogen and oxygen atoms in total. The Morgan fingerprint density at radius 2 is 1.82 bits per heavy atom. The molecule has 0 radical (unpaired) electrons. The second-order valence-corrected chi connectivity index (χ2v) is 7.06. The summed E-state index contributed by atoms with van der Waals surface area (Å²) in [5.41, 5.74) is 1.13. The number of rotatable bonds is 3. The van der Waals surface area contributed by atoms with Crippen molar-refractivity contribution in [3.8, 4) is 0 Å². The fraction of sp³-hybridized carbons (Fsp3) is 0.0714. The van der Waals surface area contributed by atoms with Gasteiger partial charge >= 0.3 is 0 Å². The quantitative estimate of drug-likeness (QED) is 0.882. The van der Waals surface area contributed by atoms with Crippen molar-refractivity contribution in [1.82, 2.24) is 0 Å². The number of nitrogens with two attached hydrogens (primary N) is 1. The third-order valence-corrected chi connectivity index (χ3v) is 4.26.